The number of halogens is 3. The van der Waals surface area contributed by atoms with Crippen molar-refractivity contribution in [3.63, 3.8) is 0 Å². The maximum absolute atomic E-state index is 12.7. The number of hydrogen-bond acceptors (Lipinski definition) is 4. The number of nitrogens with one attached hydrogen (secondary N) is 2. The van der Waals surface area contributed by atoms with E-state index in [1.807, 2.05) is 0 Å². The molecule has 0 aliphatic heterocycles. The second-order valence-electron chi connectivity index (χ2n) is 7.32. The van der Waals surface area contributed by atoms with Crippen LogP contribution in [0.25, 0.3) is 0 Å². The molecular weight excluding hydrogens is 509 g/mol. The average Bonchev–Trinajstić information content (AvgIpc) is 3.18. The van der Waals surface area contributed by atoms with E-state index >= 15 is 0 Å². The summed E-state index contributed by atoms with van der Waals surface area (Å²) in [5.41, 5.74) is 0.0636. The molecule has 1 aliphatic rings. The molecule has 1 aliphatic carbocycles. The van der Waals surface area contributed by atoms with Crippen LogP contribution in [0.15, 0.2) is 23.2 Å². The van der Waals surface area contributed by atoms with Crippen LogP contribution < -0.4 is 20.1 Å². The van der Waals surface area contributed by atoms with Crippen LogP contribution in [0.5, 0.6) is 11.5 Å². The highest BCUT2D eigenvalue weighted by molar-refractivity contribution is 14.0. The third-order valence-corrected chi connectivity index (χ3v) is 5.17. The van der Waals surface area contributed by atoms with Crippen LogP contribution in [-0.2, 0) is 11.3 Å². The van der Waals surface area contributed by atoms with E-state index in [1.54, 1.807) is 38.2 Å². The fraction of sp³-hybridized carbons (Fsp3) is 0.600. The molecule has 2 N–H and O–H groups in total. The molecule has 10 heteroatoms. The van der Waals surface area contributed by atoms with Gasteiger partial charge in [0.1, 0.15) is 11.5 Å². The number of nitrogens with zero attached hydrogens (tertiary/aromatic N) is 2. The van der Waals surface area contributed by atoms with Gasteiger partial charge in [-0.25, -0.2) is 0 Å². The lowest BCUT2D eigenvalue weighted by atomic mass is 9.84. The number of carbonyl (C=O) groups excluding carboxylic acids is 1. The van der Waals surface area contributed by atoms with Gasteiger partial charge in [0.15, 0.2) is 5.96 Å². The number of alkyl halides is 2. The predicted octanol–water partition coefficient (Wildman–Crippen LogP) is 3.23. The Labute approximate surface area is 193 Å². The van der Waals surface area contributed by atoms with Gasteiger partial charge in [0.2, 0.25) is 5.91 Å². The third-order valence-electron chi connectivity index (χ3n) is 5.17. The first-order chi connectivity index (χ1) is 13.8. The van der Waals surface area contributed by atoms with Crippen LogP contribution in [0, 0.1) is 5.41 Å². The van der Waals surface area contributed by atoms with Gasteiger partial charge in [0.05, 0.1) is 12.5 Å². The second kappa shape index (κ2) is 12.1. The molecule has 0 atom stereocenters. The Morgan fingerprint density at radius 3 is 2.47 bits per heavy atom. The largest absolute Gasteiger partial charge is 0.497 e. The zero-order chi connectivity index (χ0) is 21.4. The first kappa shape index (κ1) is 26.2. The van der Waals surface area contributed by atoms with Crippen molar-refractivity contribution in [1.82, 2.24) is 15.5 Å². The summed E-state index contributed by atoms with van der Waals surface area (Å²) in [6.45, 7) is -2.26. The first-order valence-electron chi connectivity index (χ1n) is 9.59. The van der Waals surface area contributed by atoms with Gasteiger partial charge in [0, 0.05) is 39.8 Å². The zero-order valence-corrected chi connectivity index (χ0v) is 20.2. The number of rotatable bonds is 8. The summed E-state index contributed by atoms with van der Waals surface area (Å²) >= 11 is 0. The van der Waals surface area contributed by atoms with Crippen molar-refractivity contribution in [1.29, 1.82) is 0 Å². The Morgan fingerprint density at radius 1 is 1.27 bits per heavy atom. The first-order valence-corrected chi connectivity index (χ1v) is 9.59. The summed E-state index contributed by atoms with van der Waals surface area (Å²) in [7, 11) is 6.65. The van der Waals surface area contributed by atoms with Crippen molar-refractivity contribution < 1.29 is 23.0 Å². The van der Waals surface area contributed by atoms with Gasteiger partial charge < -0.3 is 25.0 Å². The number of hydrogen-bond donors (Lipinski definition) is 2. The molecule has 1 aromatic carbocycles. The van der Waals surface area contributed by atoms with Crippen molar-refractivity contribution in [2.24, 2.45) is 10.4 Å². The van der Waals surface area contributed by atoms with Gasteiger partial charge in [-0.2, -0.15) is 8.78 Å². The van der Waals surface area contributed by atoms with Gasteiger partial charge in [-0.3, -0.25) is 9.79 Å². The van der Waals surface area contributed by atoms with Gasteiger partial charge >= 0.3 is 6.61 Å². The van der Waals surface area contributed by atoms with Crippen molar-refractivity contribution >= 4 is 35.8 Å². The monoisotopic (exact) mass is 540 g/mol. The van der Waals surface area contributed by atoms with Gasteiger partial charge in [-0.15, -0.1) is 24.0 Å². The molecule has 0 saturated heterocycles. The summed E-state index contributed by atoms with van der Waals surface area (Å²) in [4.78, 5) is 18.5. The second-order valence-corrected chi connectivity index (χ2v) is 7.32. The maximum Gasteiger partial charge on any atom is 0.387 e. The minimum Gasteiger partial charge on any atom is -0.497 e. The smallest absolute Gasteiger partial charge is 0.387 e. The molecule has 0 heterocycles. The topological polar surface area (TPSA) is 75.2 Å². The molecule has 0 unspecified atom stereocenters. The van der Waals surface area contributed by atoms with Gasteiger partial charge in [0.25, 0.3) is 0 Å². The molecule has 0 spiro atoms. The lowest BCUT2D eigenvalue weighted by Crippen LogP contribution is -2.49. The fourth-order valence-electron chi connectivity index (χ4n) is 3.68. The zero-order valence-electron chi connectivity index (χ0n) is 17.8. The normalized spacial score (nSPS) is 15.4. The molecule has 1 fully saturated rings. The molecule has 30 heavy (non-hydrogen) atoms. The van der Waals surface area contributed by atoms with Crippen LogP contribution in [0.4, 0.5) is 8.78 Å². The van der Waals surface area contributed by atoms with E-state index in [2.05, 4.69) is 20.4 Å². The molecule has 170 valence electrons. The van der Waals surface area contributed by atoms with Gasteiger partial charge in [-0.1, -0.05) is 12.8 Å². The minimum absolute atomic E-state index is 0. The van der Waals surface area contributed by atoms with Crippen LogP contribution >= 0.6 is 24.0 Å². The van der Waals surface area contributed by atoms with Gasteiger partial charge in [-0.05, 0) is 31.0 Å². The predicted molar refractivity (Wildman–Crippen MR) is 123 cm³/mol. The van der Waals surface area contributed by atoms with E-state index < -0.39 is 12.0 Å². The molecule has 2 rings (SSSR count). The number of benzene rings is 1. The molecule has 0 aromatic heterocycles. The highest BCUT2D eigenvalue weighted by atomic mass is 127. The average molecular weight is 540 g/mol. The number of amides is 1. The molecule has 1 amide bonds. The quantitative estimate of drug-likeness (QED) is 0.301. The van der Waals surface area contributed by atoms with E-state index in [9.17, 15) is 13.6 Å². The SMILES string of the molecule is CN=C(NCc1cc(OC)ccc1OC(F)F)NCC1(C(=O)N(C)C)CCCC1.I. The Morgan fingerprint density at radius 2 is 1.93 bits per heavy atom. The number of ether oxygens (including phenoxy) is 2. The van der Waals surface area contributed by atoms with E-state index in [-0.39, 0.29) is 42.2 Å². The Balaban J connectivity index is 0.00000450. The summed E-state index contributed by atoms with van der Waals surface area (Å²) in [5.74, 6) is 1.19. The van der Waals surface area contributed by atoms with Crippen LogP contribution in [0.2, 0.25) is 0 Å². The van der Waals surface area contributed by atoms with Crippen LogP contribution in [-0.4, -0.2) is 58.2 Å². The Bertz CT molecular complexity index is 726. The standard InChI is InChI=1S/C20H30F2N4O3.HI/c1-23-19(25-13-20(9-5-6-10-20)17(27)26(2)3)24-12-14-11-15(28-4)7-8-16(14)29-18(21)22;/h7-8,11,18H,5-6,9-10,12-13H2,1-4H3,(H2,23,24,25);1H. The number of aliphatic imine (C=N–C) groups is 1. The number of carbonyl (C=O) groups is 1. The van der Waals surface area contributed by atoms with Crippen LogP contribution in [0.1, 0.15) is 31.2 Å². The minimum atomic E-state index is -2.92. The van der Waals surface area contributed by atoms with Crippen molar-refractivity contribution in [2.75, 3.05) is 34.8 Å². The third kappa shape index (κ3) is 6.85. The highest BCUT2D eigenvalue weighted by Crippen LogP contribution is 2.38. The van der Waals surface area contributed by atoms with E-state index in [0.717, 1.165) is 25.7 Å². The number of guanidine groups is 1. The van der Waals surface area contributed by atoms with E-state index in [1.165, 1.54) is 13.2 Å². The van der Waals surface area contributed by atoms with E-state index in [0.29, 0.717) is 23.8 Å². The van der Waals surface area contributed by atoms with Crippen molar-refractivity contribution in [3.8, 4) is 11.5 Å². The summed E-state index contributed by atoms with van der Waals surface area (Å²) < 4.78 is 35.1. The van der Waals surface area contributed by atoms with Crippen molar-refractivity contribution in [2.45, 2.75) is 38.8 Å². The maximum atomic E-state index is 12.7. The molecule has 1 saturated carbocycles. The molecular formula is C20H31F2IN4O3. The lowest BCUT2D eigenvalue weighted by Gasteiger charge is -2.31. The molecule has 1 aromatic rings. The molecule has 7 nitrogen and oxygen atoms in total. The van der Waals surface area contributed by atoms with Crippen molar-refractivity contribution in [3.05, 3.63) is 23.8 Å². The number of methoxy groups -OCH3 is 1. The molecule has 0 bridgehead atoms. The highest BCUT2D eigenvalue weighted by Gasteiger charge is 2.42. The fourth-order valence-corrected chi connectivity index (χ4v) is 3.68. The summed E-state index contributed by atoms with van der Waals surface area (Å²) in [6, 6.07) is 4.64. The Hall–Kier alpha value is -1.85. The van der Waals surface area contributed by atoms with E-state index in [4.69, 9.17) is 4.74 Å². The lowest BCUT2D eigenvalue weighted by molar-refractivity contribution is -0.138. The Kier molecular flexibility index (Phi) is 10.6. The summed E-state index contributed by atoms with van der Waals surface area (Å²) in [5, 5.41) is 6.31. The summed E-state index contributed by atoms with van der Waals surface area (Å²) in [6.07, 6.45) is 3.70. The molecule has 0 radical (unpaired) electrons. The van der Waals surface area contributed by atoms with Crippen LogP contribution in [0.3, 0.4) is 0 Å².